The molecule has 1 atom stereocenters. The topological polar surface area (TPSA) is 76.3 Å². The number of aliphatic hydroxyl groups excluding tert-OH is 1. The average Bonchev–Trinajstić information content (AvgIpc) is 2.14. The van der Waals surface area contributed by atoms with Crippen molar-refractivity contribution in [2.45, 2.75) is 12.3 Å². The van der Waals surface area contributed by atoms with Gasteiger partial charge in [0.2, 0.25) is 6.54 Å². The van der Waals surface area contributed by atoms with Crippen molar-refractivity contribution in [1.82, 2.24) is 4.98 Å². The molecule has 1 N–H and O–H groups in total. The Morgan fingerprint density at radius 3 is 2.53 bits per heavy atom. The van der Waals surface area contributed by atoms with E-state index in [4.69, 9.17) is 11.6 Å². The van der Waals surface area contributed by atoms with Gasteiger partial charge in [-0.25, -0.2) is 4.98 Å². The van der Waals surface area contributed by atoms with Crippen molar-refractivity contribution in [3.8, 4) is 0 Å². The molecule has 0 saturated carbocycles. The first-order chi connectivity index (χ1) is 7.71. The summed E-state index contributed by atoms with van der Waals surface area (Å²) in [6, 6.07) is 1.47. The van der Waals surface area contributed by atoms with Gasteiger partial charge in [0, 0.05) is 10.5 Å². The van der Waals surface area contributed by atoms with Crippen molar-refractivity contribution in [2.75, 3.05) is 6.54 Å². The average molecular weight is 271 g/mol. The third-order valence-corrected chi connectivity index (χ3v) is 2.15. The van der Waals surface area contributed by atoms with E-state index in [0.717, 1.165) is 6.07 Å². The second kappa shape index (κ2) is 4.84. The standard InChI is InChI=1S/C8H6ClF3N2O3/c9-7-4(5(15)3-14(16)17)1-2-6(13-7)8(10,11)12/h1-2,5,15H,3H2. The van der Waals surface area contributed by atoms with Gasteiger partial charge in [-0.05, 0) is 6.07 Å². The summed E-state index contributed by atoms with van der Waals surface area (Å²) in [4.78, 5) is 12.3. The van der Waals surface area contributed by atoms with Crippen LogP contribution < -0.4 is 0 Å². The maximum Gasteiger partial charge on any atom is 0.433 e. The van der Waals surface area contributed by atoms with E-state index in [2.05, 4.69) is 4.98 Å². The molecule has 1 unspecified atom stereocenters. The Kier molecular flexibility index (Phi) is 3.89. The first-order valence-electron chi connectivity index (χ1n) is 4.25. The highest BCUT2D eigenvalue weighted by Gasteiger charge is 2.33. The largest absolute Gasteiger partial charge is 0.433 e. The third kappa shape index (κ3) is 3.53. The summed E-state index contributed by atoms with van der Waals surface area (Å²) in [5, 5.41) is 18.8. The number of rotatable bonds is 3. The molecule has 0 fully saturated rings. The van der Waals surface area contributed by atoms with Gasteiger partial charge in [-0.2, -0.15) is 13.2 Å². The number of halogens is 4. The van der Waals surface area contributed by atoms with Crippen molar-refractivity contribution in [3.63, 3.8) is 0 Å². The Balaban J connectivity index is 3.02. The van der Waals surface area contributed by atoms with Crippen LogP contribution in [0.15, 0.2) is 12.1 Å². The Bertz CT molecular complexity index is 439. The van der Waals surface area contributed by atoms with Crippen LogP contribution in [0.5, 0.6) is 0 Å². The maximum absolute atomic E-state index is 12.2. The lowest BCUT2D eigenvalue weighted by Crippen LogP contribution is -2.14. The predicted octanol–water partition coefficient (Wildman–Crippen LogP) is 2.06. The van der Waals surface area contributed by atoms with Crippen LogP contribution in [0.1, 0.15) is 17.4 Å². The first kappa shape index (κ1) is 13.7. The van der Waals surface area contributed by atoms with Crippen molar-refractivity contribution >= 4 is 11.6 Å². The molecular formula is C8H6ClF3N2O3. The van der Waals surface area contributed by atoms with Crippen LogP contribution in [-0.4, -0.2) is 21.6 Å². The molecule has 9 heteroatoms. The van der Waals surface area contributed by atoms with E-state index in [9.17, 15) is 28.4 Å². The lowest BCUT2D eigenvalue weighted by atomic mass is 10.1. The Morgan fingerprint density at radius 2 is 2.12 bits per heavy atom. The van der Waals surface area contributed by atoms with Gasteiger partial charge >= 0.3 is 6.18 Å². The molecule has 0 bridgehead atoms. The zero-order valence-corrected chi connectivity index (χ0v) is 8.87. The second-order valence-corrected chi connectivity index (χ2v) is 3.46. The van der Waals surface area contributed by atoms with Gasteiger partial charge in [-0.1, -0.05) is 17.7 Å². The monoisotopic (exact) mass is 270 g/mol. The predicted molar refractivity (Wildman–Crippen MR) is 51.1 cm³/mol. The molecule has 1 aromatic heterocycles. The van der Waals surface area contributed by atoms with Gasteiger partial charge in [0.1, 0.15) is 17.0 Å². The van der Waals surface area contributed by atoms with Crippen LogP contribution in [0.3, 0.4) is 0 Å². The number of hydrogen-bond acceptors (Lipinski definition) is 4. The van der Waals surface area contributed by atoms with Gasteiger partial charge in [0.25, 0.3) is 0 Å². The first-order valence-corrected chi connectivity index (χ1v) is 4.63. The van der Waals surface area contributed by atoms with Crippen LogP contribution in [0.25, 0.3) is 0 Å². The zero-order chi connectivity index (χ0) is 13.2. The van der Waals surface area contributed by atoms with Crippen molar-refractivity contribution in [2.24, 2.45) is 0 Å². The van der Waals surface area contributed by atoms with Crippen molar-refractivity contribution in [1.29, 1.82) is 0 Å². The van der Waals surface area contributed by atoms with Gasteiger partial charge in [0.15, 0.2) is 0 Å². The highest BCUT2D eigenvalue weighted by atomic mass is 35.5. The van der Waals surface area contributed by atoms with Crippen LogP contribution >= 0.6 is 11.6 Å². The molecule has 0 amide bonds. The minimum atomic E-state index is -4.66. The number of pyridine rings is 1. The molecule has 0 saturated heterocycles. The van der Waals surface area contributed by atoms with E-state index in [-0.39, 0.29) is 5.56 Å². The molecule has 1 aromatic rings. The van der Waals surface area contributed by atoms with E-state index < -0.39 is 34.6 Å². The normalized spacial score (nSPS) is 13.5. The molecule has 17 heavy (non-hydrogen) atoms. The van der Waals surface area contributed by atoms with Gasteiger partial charge in [-0.3, -0.25) is 10.1 Å². The third-order valence-electron chi connectivity index (χ3n) is 1.85. The number of nitro groups is 1. The summed E-state index contributed by atoms with van der Waals surface area (Å²) >= 11 is 5.42. The van der Waals surface area contributed by atoms with Crippen LogP contribution in [-0.2, 0) is 6.18 Å². The fraction of sp³-hybridized carbons (Fsp3) is 0.375. The fourth-order valence-electron chi connectivity index (χ4n) is 1.09. The molecular weight excluding hydrogens is 265 g/mol. The summed E-state index contributed by atoms with van der Waals surface area (Å²) in [7, 11) is 0. The Morgan fingerprint density at radius 1 is 1.53 bits per heavy atom. The molecule has 1 rings (SSSR count). The molecule has 0 aliphatic carbocycles. The molecule has 0 radical (unpaired) electrons. The number of alkyl halides is 3. The molecule has 0 spiro atoms. The minimum absolute atomic E-state index is 0.212. The second-order valence-electron chi connectivity index (χ2n) is 3.11. The Hall–Kier alpha value is -1.41. The molecule has 5 nitrogen and oxygen atoms in total. The van der Waals surface area contributed by atoms with E-state index in [0.29, 0.717) is 6.07 Å². The van der Waals surface area contributed by atoms with Gasteiger partial charge < -0.3 is 5.11 Å². The summed E-state index contributed by atoms with van der Waals surface area (Å²) in [5.41, 5.74) is -1.43. The van der Waals surface area contributed by atoms with Crippen LogP contribution in [0.2, 0.25) is 5.15 Å². The molecule has 1 heterocycles. The minimum Gasteiger partial charge on any atom is -0.381 e. The summed E-state index contributed by atoms with van der Waals surface area (Å²) in [5.74, 6) is 0. The Labute approximate surface area is 98.0 Å². The van der Waals surface area contributed by atoms with Crippen molar-refractivity contribution in [3.05, 3.63) is 38.7 Å². The summed E-state index contributed by atoms with van der Waals surface area (Å²) in [6.07, 6.45) is -6.25. The smallest absolute Gasteiger partial charge is 0.381 e. The summed E-state index contributed by atoms with van der Waals surface area (Å²) in [6.45, 7) is -0.854. The highest BCUT2D eigenvalue weighted by Crippen LogP contribution is 2.30. The highest BCUT2D eigenvalue weighted by molar-refractivity contribution is 6.30. The summed E-state index contributed by atoms with van der Waals surface area (Å²) < 4.78 is 36.7. The molecule has 0 aliphatic heterocycles. The van der Waals surface area contributed by atoms with Gasteiger partial charge in [0.05, 0.1) is 0 Å². The van der Waals surface area contributed by atoms with E-state index in [1.54, 1.807) is 0 Å². The van der Waals surface area contributed by atoms with E-state index in [1.165, 1.54) is 0 Å². The fourth-order valence-corrected chi connectivity index (χ4v) is 1.37. The van der Waals surface area contributed by atoms with Crippen LogP contribution in [0, 0.1) is 10.1 Å². The molecule has 0 aromatic carbocycles. The number of nitrogens with zero attached hydrogens (tertiary/aromatic N) is 2. The number of aromatic nitrogens is 1. The zero-order valence-electron chi connectivity index (χ0n) is 8.11. The lowest BCUT2D eigenvalue weighted by Gasteiger charge is -2.10. The number of aliphatic hydroxyl groups is 1. The van der Waals surface area contributed by atoms with E-state index >= 15 is 0 Å². The lowest BCUT2D eigenvalue weighted by molar-refractivity contribution is -0.491. The maximum atomic E-state index is 12.2. The molecule has 94 valence electrons. The van der Waals surface area contributed by atoms with Gasteiger partial charge in [-0.15, -0.1) is 0 Å². The SMILES string of the molecule is O=[N+]([O-])CC(O)c1ccc(C(F)(F)F)nc1Cl. The quantitative estimate of drug-likeness (QED) is 0.518. The van der Waals surface area contributed by atoms with E-state index in [1.807, 2.05) is 0 Å². The van der Waals surface area contributed by atoms with Crippen LogP contribution in [0.4, 0.5) is 13.2 Å². The number of hydrogen-bond donors (Lipinski definition) is 1. The van der Waals surface area contributed by atoms with Crippen molar-refractivity contribution < 1.29 is 23.2 Å². The molecule has 0 aliphatic rings.